The minimum atomic E-state index is -4.02. The van der Waals surface area contributed by atoms with E-state index in [4.69, 9.17) is 5.11 Å². The average Bonchev–Trinajstić information content (AvgIpc) is 2.55. The second-order valence-corrected chi connectivity index (χ2v) is 7.77. The zero-order valence-electron chi connectivity index (χ0n) is 14.9. The molecule has 0 saturated heterocycles. The molecular weight excluding hydrogens is 356 g/mol. The molecule has 0 aromatic heterocycles. The fourth-order valence-corrected chi connectivity index (χ4v) is 3.74. The zero-order valence-corrected chi connectivity index (χ0v) is 15.7. The van der Waals surface area contributed by atoms with Crippen LogP contribution in [-0.4, -0.2) is 44.4 Å². The lowest BCUT2D eigenvalue weighted by Gasteiger charge is -2.15. The molecule has 138 valence electrons. The minimum absolute atomic E-state index is 0.121. The van der Waals surface area contributed by atoms with Crippen molar-refractivity contribution in [3.05, 3.63) is 58.7 Å². The molecule has 26 heavy (non-hydrogen) atoms. The van der Waals surface area contributed by atoms with Crippen molar-refractivity contribution in [1.82, 2.24) is 4.90 Å². The first-order chi connectivity index (χ1) is 12.0. The molecule has 2 aromatic rings. The van der Waals surface area contributed by atoms with E-state index in [1.165, 1.54) is 23.1 Å². The molecule has 0 unspecified atom stereocenters. The van der Waals surface area contributed by atoms with Crippen molar-refractivity contribution in [2.45, 2.75) is 18.7 Å². The van der Waals surface area contributed by atoms with Gasteiger partial charge in [-0.25, -0.2) is 13.2 Å². The van der Waals surface area contributed by atoms with Crippen molar-refractivity contribution in [3.8, 4) is 0 Å². The molecule has 2 N–H and O–H groups in total. The molecule has 0 aliphatic heterocycles. The van der Waals surface area contributed by atoms with Crippen LogP contribution in [-0.2, 0) is 10.0 Å². The van der Waals surface area contributed by atoms with E-state index < -0.39 is 16.0 Å². The highest BCUT2D eigenvalue weighted by molar-refractivity contribution is 7.92. The third-order valence-corrected chi connectivity index (χ3v) is 5.37. The number of carbonyl (C=O) groups is 2. The number of amides is 1. The van der Waals surface area contributed by atoms with Crippen molar-refractivity contribution >= 4 is 27.6 Å². The van der Waals surface area contributed by atoms with Crippen LogP contribution in [0.1, 0.15) is 31.8 Å². The number of carbonyl (C=O) groups excluding carboxylic acids is 1. The molecular formula is C18H20N2O5S. The third-order valence-electron chi connectivity index (χ3n) is 3.86. The maximum absolute atomic E-state index is 12.8. The van der Waals surface area contributed by atoms with E-state index in [1.54, 1.807) is 40.1 Å². The van der Waals surface area contributed by atoms with Gasteiger partial charge in [0.25, 0.3) is 15.9 Å². The van der Waals surface area contributed by atoms with Gasteiger partial charge in [0, 0.05) is 19.7 Å². The van der Waals surface area contributed by atoms with Crippen molar-refractivity contribution in [2.24, 2.45) is 0 Å². The highest BCUT2D eigenvalue weighted by Crippen LogP contribution is 2.24. The molecule has 0 saturated carbocycles. The van der Waals surface area contributed by atoms with Gasteiger partial charge in [-0.15, -0.1) is 0 Å². The molecule has 0 spiro atoms. The Hall–Kier alpha value is -2.87. The topological polar surface area (TPSA) is 104 Å². The van der Waals surface area contributed by atoms with Gasteiger partial charge in [-0.2, -0.15) is 0 Å². The summed E-state index contributed by atoms with van der Waals surface area (Å²) in [6.45, 7) is 3.29. The Labute approximate surface area is 152 Å². The average molecular weight is 376 g/mol. The molecule has 0 radical (unpaired) electrons. The molecule has 0 aliphatic carbocycles. The lowest BCUT2D eigenvalue weighted by molar-refractivity contribution is 0.0696. The van der Waals surface area contributed by atoms with Gasteiger partial charge in [0.1, 0.15) is 0 Å². The summed E-state index contributed by atoms with van der Waals surface area (Å²) < 4.78 is 28.0. The highest BCUT2D eigenvalue weighted by atomic mass is 32.2. The smallest absolute Gasteiger partial charge is 0.335 e. The fraction of sp³-hybridized carbons (Fsp3) is 0.222. The second kappa shape index (κ2) is 7.17. The Morgan fingerprint density at radius 3 is 2.12 bits per heavy atom. The largest absolute Gasteiger partial charge is 0.478 e. The van der Waals surface area contributed by atoms with Crippen molar-refractivity contribution in [3.63, 3.8) is 0 Å². The predicted octanol–water partition coefficient (Wildman–Crippen LogP) is 2.50. The predicted molar refractivity (Wildman–Crippen MR) is 98.1 cm³/mol. The number of benzene rings is 2. The van der Waals surface area contributed by atoms with Crippen LogP contribution in [0, 0.1) is 13.8 Å². The normalized spacial score (nSPS) is 11.1. The van der Waals surface area contributed by atoms with E-state index in [9.17, 15) is 18.0 Å². The van der Waals surface area contributed by atoms with Gasteiger partial charge >= 0.3 is 5.97 Å². The first-order valence-corrected chi connectivity index (χ1v) is 9.20. The lowest BCUT2D eigenvalue weighted by atomic mass is 10.1. The van der Waals surface area contributed by atoms with Gasteiger partial charge in [-0.1, -0.05) is 12.1 Å². The molecule has 2 aromatic carbocycles. The molecule has 1 amide bonds. The maximum Gasteiger partial charge on any atom is 0.335 e. The maximum atomic E-state index is 12.8. The number of carboxylic acid groups (broad SMARTS) is 1. The number of anilines is 1. The standard InChI is InChI=1S/C18H20N2O5S/c1-11-5-7-13(17(21)20(3)4)9-15(11)19-26(24,25)16-10-14(18(22)23)8-6-12(16)2/h5-10,19H,1-4H3,(H,22,23). The molecule has 2 rings (SSSR count). The summed E-state index contributed by atoms with van der Waals surface area (Å²) in [5, 5.41) is 9.09. The Morgan fingerprint density at radius 2 is 1.54 bits per heavy atom. The number of hydrogen-bond donors (Lipinski definition) is 2. The first-order valence-electron chi connectivity index (χ1n) is 7.72. The van der Waals surface area contributed by atoms with Gasteiger partial charge in [0.05, 0.1) is 16.1 Å². The van der Waals surface area contributed by atoms with E-state index in [1.807, 2.05) is 0 Å². The molecule has 7 nitrogen and oxygen atoms in total. The minimum Gasteiger partial charge on any atom is -0.478 e. The van der Waals surface area contributed by atoms with Gasteiger partial charge in [0.2, 0.25) is 0 Å². The fourth-order valence-electron chi connectivity index (χ4n) is 2.35. The van der Waals surface area contributed by atoms with Crippen LogP contribution in [0.25, 0.3) is 0 Å². The van der Waals surface area contributed by atoms with Crippen molar-refractivity contribution < 1.29 is 23.1 Å². The Morgan fingerprint density at radius 1 is 0.962 bits per heavy atom. The summed E-state index contributed by atoms with van der Waals surface area (Å²) in [5.74, 6) is -1.47. The summed E-state index contributed by atoms with van der Waals surface area (Å²) in [5.41, 5.74) is 1.54. The van der Waals surface area contributed by atoms with Crippen LogP contribution in [0.5, 0.6) is 0 Å². The van der Waals surface area contributed by atoms with E-state index in [0.29, 0.717) is 16.7 Å². The first kappa shape index (κ1) is 19.5. The van der Waals surface area contributed by atoms with Crippen LogP contribution in [0.2, 0.25) is 0 Å². The Balaban J connectivity index is 2.47. The summed E-state index contributed by atoms with van der Waals surface area (Å²) in [6, 6.07) is 8.63. The molecule has 0 heterocycles. The van der Waals surface area contributed by atoms with E-state index in [-0.39, 0.29) is 22.1 Å². The summed E-state index contributed by atoms with van der Waals surface area (Å²) in [4.78, 5) is 24.5. The Kier molecular flexibility index (Phi) is 5.36. The van der Waals surface area contributed by atoms with E-state index in [2.05, 4.69) is 4.72 Å². The lowest BCUT2D eigenvalue weighted by Crippen LogP contribution is -2.22. The van der Waals surface area contributed by atoms with Gasteiger partial charge in [0.15, 0.2) is 0 Å². The zero-order chi connectivity index (χ0) is 19.6. The monoisotopic (exact) mass is 376 g/mol. The van der Waals surface area contributed by atoms with Gasteiger partial charge < -0.3 is 10.0 Å². The third kappa shape index (κ3) is 4.02. The molecule has 0 aliphatic rings. The van der Waals surface area contributed by atoms with Crippen LogP contribution in [0.3, 0.4) is 0 Å². The van der Waals surface area contributed by atoms with E-state index in [0.717, 1.165) is 6.07 Å². The van der Waals surface area contributed by atoms with Crippen LogP contribution < -0.4 is 4.72 Å². The van der Waals surface area contributed by atoms with Gasteiger partial charge in [-0.05, 0) is 49.2 Å². The SMILES string of the molecule is Cc1ccc(C(=O)N(C)C)cc1NS(=O)(=O)c1cc(C(=O)O)ccc1C. The van der Waals surface area contributed by atoms with E-state index >= 15 is 0 Å². The quantitative estimate of drug-likeness (QED) is 0.834. The summed E-state index contributed by atoms with van der Waals surface area (Å²) in [7, 11) is -0.816. The molecule has 0 bridgehead atoms. The number of nitrogens with zero attached hydrogens (tertiary/aromatic N) is 1. The number of sulfonamides is 1. The summed E-state index contributed by atoms with van der Waals surface area (Å²) in [6.07, 6.45) is 0. The second-order valence-electron chi connectivity index (χ2n) is 6.12. The molecule has 0 atom stereocenters. The number of nitrogens with one attached hydrogen (secondary N) is 1. The Bertz CT molecular complexity index is 981. The van der Waals surface area contributed by atoms with Gasteiger partial charge in [-0.3, -0.25) is 9.52 Å². The van der Waals surface area contributed by atoms with Crippen LogP contribution in [0.4, 0.5) is 5.69 Å². The van der Waals surface area contributed by atoms with Crippen LogP contribution in [0.15, 0.2) is 41.3 Å². The number of aryl methyl sites for hydroxylation is 2. The number of carboxylic acids is 1. The highest BCUT2D eigenvalue weighted by Gasteiger charge is 2.21. The molecule has 8 heteroatoms. The number of rotatable bonds is 5. The van der Waals surface area contributed by atoms with Crippen molar-refractivity contribution in [1.29, 1.82) is 0 Å². The summed E-state index contributed by atoms with van der Waals surface area (Å²) >= 11 is 0. The number of hydrogen-bond acceptors (Lipinski definition) is 4. The molecule has 0 fully saturated rings. The number of aromatic carboxylic acids is 1. The van der Waals surface area contributed by atoms with Crippen LogP contribution >= 0.6 is 0 Å². The van der Waals surface area contributed by atoms with Crippen molar-refractivity contribution in [2.75, 3.05) is 18.8 Å².